The Kier molecular flexibility index (Phi) is 4.26. The van der Waals surface area contributed by atoms with Gasteiger partial charge in [-0.05, 0) is 18.2 Å². The number of carbonyl (C=O) groups excluding carboxylic acids is 1. The van der Waals surface area contributed by atoms with E-state index in [4.69, 9.17) is 10.5 Å². The second-order valence-electron chi connectivity index (χ2n) is 8.35. The van der Waals surface area contributed by atoms with Crippen molar-refractivity contribution in [2.45, 2.75) is 31.2 Å². The molecule has 2 aliphatic heterocycles. The molecule has 2 bridgehead atoms. The summed E-state index contributed by atoms with van der Waals surface area (Å²) in [5.41, 5.74) is 6.50. The molecule has 0 unspecified atom stereocenters. The van der Waals surface area contributed by atoms with Gasteiger partial charge in [-0.3, -0.25) is 9.20 Å². The van der Waals surface area contributed by atoms with E-state index in [0.29, 0.717) is 35.5 Å². The van der Waals surface area contributed by atoms with Gasteiger partial charge in [0.25, 0.3) is 5.91 Å². The van der Waals surface area contributed by atoms with Crippen molar-refractivity contribution in [3.8, 4) is 5.75 Å². The van der Waals surface area contributed by atoms with Crippen LogP contribution in [-0.2, 0) is 6.18 Å². The Morgan fingerprint density at radius 3 is 2.79 bits per heavy atom. The lowest BCUT2D eigenvalue weighted by Gasteiger charge is -2.44. The highest BCUT2D eigenvalue weighted by Crippen LogP contribution is 2.46. The standard InChI is InChI=1S/C22H16F4N6O2/c23-13-4-11-16-3-10(34-19(11)5-12(13)22(24,25)26)1-2-31(16)21(33)14-6-17-15(7-29-14)30-20(27)18-8-28-9-32(17)18/h4-10,16H,1-3H2,(H2,27,30)/t10-,16+/m0/s1. The third-order valence-corrected chi connectivity index (χ3v) is 6.35. The number of nitrogens with two attached hydrogens (primary N) is 1. The van der Waals surface area contributed by atoms with E-state index in [1.165, 1.54) is 11.1 Å². The van der Waals surface area contributed by atoms with E-state index in [0.717, 1.165) is 6.07 Å². The molecule has 174 valence electrons. The van der Waals surface area contributed by atoms with E-state index in [-0.39, 0.29) is 35.5 Å². The minimum Gasteiger partial charge on any atom is -0.490 e. The van der Waals surface area contributed by atoms with Crippen LogP contribution in [0.1, 0.15) is 40.5 Å². The summed E-state index contributed by atoms with van der Waals surface area (Å²) in [6.45, 7) is 0.288. The largest absolute Gasteiger partial charge is 0.490 e. The maximum Gasteiger partial charge on any atom is 0.419 e. The number of piperidine rings is 1. The number of benzene rings is 1. The molecule has 3 aromatic heterocycles. The van der Waals surface area contributed by atoms with Gasteiger partial charge in [-0.25, -0.2) is 19.3 Å². The number of ether oxygens (including phenoxy) is 1. The molecule has 6 rings (SSSR count). The van der Waals surface area contributed by atoms with Crippen molar-refractivity contribution >= 4 is 28.3 Å². The summed E-state index contributed by atoms with van der Waals surface area (Å²) in [6, 6.07) is 2.43. The monoisotopic (exact) mass is 472 g/mol. The number of aromatic nitrogens is 4. The first-order chi connectivity index (χ1) is 16.2. The molecule has 34 heavy (non-hydrogen) atoms. The van der Waals surface area contributed by atoms with Gasteiger partial charge >= 0.3 is 6.18 Å². The molecule has 1 fully saturated rings. The van der Waals surface area contributed by atoms with E-state index in [2.05, 4.69) is 15.0 Å². The second kappa shape index (κ2) is 7.02. The lowest BCUT2D eigenvalue weighted by molar-refractivity contribution is -0.140. The van der Waals surface area contributed by atoms with Crippen LogP contribution in [0.5, 0.6) is 5.75 Å². The van der Waals surface area contributed by atoms with E-state index in [1.54, 1.807) is 23.0 Å². The van der Waals surface area contributed by atoms with E-state index in [9.17, 15) is 22.4 Å². The Labute approximate surface area is 189 Å². The molecular formula is C22H16F4N6O2. The van der Waals surface area contributed by atoms with Crippen molar-refractivity contribution in [2.75, 3.05) is 12.3 Å². The first-order valence-electron chi connectivity index (χ1n) is 10.5. The van der Waals surface area contributed by atoms with Crippen molar-refractivity contribution in [1.29, 1.82) is 0 Å². The lowest BCUT2D eigenvalue weighted by atomic mass is 9.88. The third kappa shape index (κ3) is 3.05. The number of nitrogen functional groups attached to an aromatic ring is 1. The number of hydrogen-bond acceptors (Lipinski definition) is 6. The molecule has 1 aromatic carbocycles. The molecule has 8 nitrogen and oxygen atoms in total. The predicted molar refractivity (Wildman–Crippen MR) is 112 cm³/mol. The highest BCUT2D eigenvalue weighted by atomic mass is 19.4. The van der Waals surface area contributed by atoms with Crippen molar-refractivity contribution < 1.29 is 27.1 Å². The van der Waals surface area contributed by atoms with E-state index < -0.39 is 29.5 Å². The van der Waals surface area contributed by atoms with Crippen LogP contribution in [0.3, 0.4) is 0 Å². The van der Waals surface area contributed by atoms with Crippen LogP contribution in [0.15, 0.2) is 36.9 Å². The van der Waals surface area contributed by atoms with Crippen LogP contribution < -0.4 is 10.5 Å². The zero-order valence-electron chi connectivity index (χ0n) is 17.4. The Balaban J connectivity index is 1.41. The van der Waals surface area contributed by atoms with Crippen LogP contribution in [-0.4, -0.2) is 42.8 Å². The topological polar surface area (TPSA) is 98.6 Å². The lowest BCUT2D eigenvalue weighted by Crippen LogP contribution is -2.46. The summed E-state index contributed by atoms with van der Waals surface area (Å²) in [7, 11) is 0. The SMILES string of the molecule is Nc1nc2cnc(C(=O)N3CC[C@H]4C[C@@H]3c3cc(F)c(C(F)(F)F)cc3O4)cc2n2cncc12. The van der Waals surface area contributed by atoms with Crippen LogP contribution in [0.25, 0.3) is 16.6 Å². The van der Waals surface area contributed by atoms with Crippen LogP contribution in [0, 0.1) is 5.82 Å². The second-order valence-corrected chi connectivity index (χ2v) is 8.35. The molecule has 4 aromatic rings. The molecule has 0 spiro atoms. The Morgan fingerprint density at radius 1 is 1.18 bits per heavy atom. The summed E-state index contributed by atoms with van der Waals surface area (Å²) in [5.74, 6) is -1.62. The number of carbonyl (C=O) groups is 1. The molecule has 1 saturated heterocycles. The van der Waals surface area contributed by atoms with Crippen LogP contribution >= 0.6 is 0 Å². The summed E-state index contributed by atoms with van der Waals surface area (Å²) in [4.78, 5) is 27.6. The summed E-state index contributed by atoms with van der Waals surface area (Å²) in [5, 5.41) is 0. The van der Waals surface area contributed by atoms with E-state index >= 15 is 0 Å². The fraction of sp³-hybridized carbons (Fsp3) is 0.273. The summed E-state index contributed by atoms with van der Waals surface area (Å²) < 4.78 is 61.3. The number of nitrogens with zero attached hydrogens (tertiary/aromatic N) is 5. The molecule has 12 heteroatoms. The highest BCUT2D eigenvalue weighted by molar-refractivity contribution is 5.96. The number of anilines is 1. The number of fused-ring (bicyclic) bond motifs is 7. The Bertz CT molecular complexity index is 1480. The molecule has 0 saturated carbocycles. The van der Waals surface area contributed by atoms with Gasteiger partial charge in [0, 0.05) is 24.9 Å². The number of pyridine rings is 1. The maximum atomic E-state index is 14.4. The number of amides is 1. The summed E-state index contributed by atoms with van der Waals surface area (Å²) in [6.07, 6.45) is 0.0882. The first-order valence-corrected chi connectivity index (χ1v) is 10.5. The molecule has 2 atom stereocenters. The van der Waals surface area contributed by atoms with Gasteiger partial charge in [0.1, 0.15) is 40.2 Å². The van der Waals surface area contributed by atoms with Crippen molar-refractivity contribution in [2.24, 2.45) is 0 Å². The molecule has 2 aliphatic rings. The fourth-order valence-corrected chi connectivity index (χ4v) is 4.75. The van der Waals surface area contributed by atoms with Gasteiger partial charge in [0.15, 0.2) is 0 Å². The van der Waals surface area contributed by atoms with E-state index in [1.807, 2.05) is 0 Å². The number of imidazole rings is 1. The van der Waals surface area contributed by atoms with Gasteiger partial charge in [-0.2, -0.15) is 13.2 Å². The number of rotatable bonds is 1. The number of hydrogen-bond donors (Lipinski definition) is 1. The molecule has 1 amide bonds. The molecule has 2 N–H and O–H groups in total. The van der Waals surface area contributed by atoms with Gasteiger partial charge in [0.05, 0.1) is 35.8 Å². The van der Waals surface area contributed by atoms with Crippen LogP contribution in [0.2, 0.25) is 0 Å². The first kappa shape index (κ1) is 20.6. The number of likely N-dealkylation sites (tertiary alicyclic amines) is 1. The molecular weight excluding hydrogens is 456 g/mol. The highest BCUT2D eigenvalue weighted by Gasteiger charge is 2.42. The predicted octanol–water partition coefficient (Wildman–Crippen LogP) is 3.76. The fourth-order valence-electron chi connectivity index (χ4n) is 4.75. The molecule has 5 heterocycles. The minimum absolute atomic E-state index is 0.0567. The van der Waals surface area contributed by atoms with Crippen LogP contribution in [0.4, 0.5) is 23.4 Å². The average molecular weight is 472 g/mol. The van der Waals surface area contributed by atoms with Gasteiger partial charge in [0.2, 0.25) is 0 Å². The van der Waals surface area contributed by atoms with Gasteiger partial charge in [-0.15, -0.1) is 0 Å². The average Bonchev–Trinajstić information content (AvgIpc) is 3.29. The summed E-state index contributed by atoms with van der Waals surface area (Å²) >= 11 is 0. The minimum atomic E-state index is -4.85. The molecule has 0 radical (unpaired) electrons. The van der Waals surface area contributed by atoms with Crippen molar-refractivity contribution in [3.05, 3.63) is 59.6 Å². The Hall–Kier alpha value is -3.96. The van der Waals surface area contributed by atoms with Gasteiger partial charge in [-0.1, -0.05) is 0 Å². The van der Waals surface area contributed by atoms with Crippen molar-refractivity contribution in [1.82, 2.24) is 24.3 Å². The zero-order chi connectivity index (χ0) is 23.8. The van der Waals surface area contributed by atoms with Crippen molar-refractivity contribution in [3.63, 3.8) is 0 Å². The normalized spacial score (nSPS) is 19.8. The number of halogens is 4. The zero-order valence-corrected chi connectivity index (χ0v) is 17.4. The smallest absolute Gasteiger partial charge is 0.419 e. The number of alkyl halides is 3. The maximum absolute atomic E-state index is 14.4. The Morgan fingerprint density at radius 2 is 2.00 bits per heavy atom. The third-order valence-electron chi connectivity index (χ3n) is 6.35. The quantitative estimate of drug-likeness (QED) is 0.424. The molecule has 0 aliphatic carbocycles. The van der Waals surface area contributed by atoms with Gasteiger partial charge < -0.3 is 15.4 Å².